The van der Waals surface area contributed by atoms with E-state index in [2.05, 4.69) is 53.4 Å². The topological polar surface area (TPSA) is 9.23 Å². The van der Waals surface area contributed by atoms with Crippen LogP contribution in [0, 0.1) is 5.92 Å². The second-order valence-corrected chi connectivity index (χ2v) is 5.09. The van der Waals surface area contributed by atoms with Crippen LogP contribution in [0.3, 0.4) is 0 Å². The van der Waals surface area contributed by atoms with Gasteiger partial charge in [0.25, 0.3) is 0 Å². The summed E-state index contributed by atoms with van der Waals surface area (Å²) in [6.45, 7) is 4.71. The first-order valence-corrected chi connectivity index (χ1v) is 6.00. The third-order valence-electron chi connectivity index (χ3n) is 2.60. The van der Waals surface area contributed by atoms with E-state index < -0.39 is 0 Å². The Morgan fingerprint density at radius 3 is 2.71 bits per heavy atom. The molecule has 2 heteroatoms. The van der Waals surface area contributed by atoms with E-state index in [0.29, 0.717) is 9.84 Å². The summed E-state index contributed by atoms with van der Waals surface area (Å²) in [5.41, 5.74) is 1.26. The van der Waals surface area contributed by atoms with E-state index in [1.54, 1.807) is 0 Å². The first-order chi connectivity index (χ1) is 6.83. The monoisotopic (exact) mass is 300 g/mol. The Morgan fingerprint density at radius 2 is 2.07 bits per heavy atom. The second kappa shape index (κ2) is 4.45. The molecule has 3 atom stereocenters. The molecule has 1 aliphatic rings. The maximum absolute atomic E-state index is 5.78. The van der Waals surface area contributed by atoms with E-state index in [-0.39, 0.29) is 6.10 Å². The Kier molecular flexibility index (Phi) is 3.23. The van der Waals surface area contributed by atoms with Crippen LogP contribution in [0.15, 0.2) is 43.0 Å². The van der Waals surface area contributed by atoms with Gasteiger partial charge in [0.1, 0.15) is 0 Å². The first kappa shape index (κ1) is 10.2. The number of rotatable bonds is 2. The Labute approximate surface area is 98.3 Å². The summed E-state index contributed by atoms with van der Waals surface area (Å²) in [6, 6.07) is 10.4. The molecular formula is C12H13IO. The van der Waals surface area contributed by atoms with Crippen molar-refractivity contribution in [3.63, 3.8) is 0 Å². The van der Waals surface area contributed by atoms with Gasteiger partial charge in [0.15, 0.2) is 0 Å². The average molecular weight is 300 g/mol. The highest BCUT2D eigenvalue weighted by molar-refractivity contribution is 14.1. The fourth-order valence-corrected chi connectivity index (χ4v) is 2.72. The molecule has 0 amide bonds. The average Bonchev–Trinajstić information content (AvgIpc) is 2.61. The Hall–Kier alpha value is -0.350. The summed E-state index contributed by atoms with van der Waals surface area (Å²) in [4.78, 5) is 0. The molecule has 0 aromatic heterocycles. The van der Waals surface area contributed by atoms with Crippen LogP contribution in [-0.2, 0) is 4.74 Å². The van der Waals surface area contributed by atoms with Crippen molar-refractivity contribution in [1.82, 2.24) is 0 Å². The second-order valence-electron chi connectivity index (χ2n) is 3.49. The zero-order valence-electron chi connectivity index (χ0n) is 7.90. The molecule has 1 aliphatic heterocycles. The zero-order chi connectivity index (χ0) is 9.97. The molecule has 0 saturated carbocycles. The van der Waals surface area contributed by atoms with Crippen molar-refractivity contribution in [3.05, 3.63) is 48.6 Å². The largest absolute Gasteiger partial charge is 0.372 e. The molecule has 1 saturated heterocycles. The highest BCUT2D eigenvalue weighted by atomic mass is 127. The van der Waals surface area contributed by atoms with Crippen molar-refractivity contribution in [2.45, 2.75) is 10.0 Å². The van der Waals surface area contributed by atoms with Crippen molar-refractivity contribution in [2.24, 2.45) is 5.92 Å². The van der Waals surface area contributed by atoms with E-state index in [1.165, 1.54) is 5.56 Å². The number of hydrogen-bond donors (Lipinski definition) is 0. The highest BCUT2D eigenvalue weighted by Crippen LogP contribution is 2.38. The van der Waals surface area contributed by atoms with Crippen LogP contribution in [0.4, 0.5) is 0 Å². The van der Waals surface area contributed by atoms with Crippen molar-refractivity contribution in [2.75, 3.05) is 6.61 Å². The normalized spacial score (nSPS) is 31.6. The standard InChI is InChI=1S/C12H13IO/c1-2-10-11(13)8-14-12(10)9-6-4-3-5-7-9/h2-7,10-12H,1,8H2/t10-,11+,12+/m1/s1. The van der Waals surface area contributed by atoms with E-state index in [9.17, 15) is 0 Å². The van der Waals surface area contributed by atoms with E-state index in [4.69, 9.17) is 4.74 Å². The number of benzene rings is 1. The molecule has 14 heavy (non-hydrogen) atoms. The molecule has 74 valence electrons. The SMILES string of the molecule is C=C[C@@H]1[C@@H](I)CO[C@H]1c1ccccc1. The van der Waals surface area contributed by atoms with Crippen molar-refractivity contribution in [1.29, 1.82) is 0 Å². The van der Waals surface area contributed by atoms with Gasteiger partial charge in [-0.2, -0.15) is 0 Å². The number of alkyl halides is 1. The highest BCUT2D eigenvalue weighted by Gasteiger charge is 2.34. The third kappa shape index (κ3) is 1.86. The van der Waals surface area contributed by atoms with Gasteiger partial charge in [0.2, 0.25) is 0 Å². The minimum absolute atomic E-state index is 0.204. The number of ether oxygens (including phenoxy) is 1. The lowest BCUT2D eigenvalue weighted by molar-refractivity contribution is 0.0998. The molecule has 0 bridgehead atoms. The van der Waals surface area contributed by atoms with Crippen molar-refractivity contribution in [3.8, 4) is 0 Å². The zero-order valence-corrected chi connectivity index (χ0v) is 10.1. The van der Waals surface area contributed by atoms with Gasteiger partial charge in [-0.1, -0.05) is 59.0 Å². The minimum Gasteiger partial charge on any atom is -0.372 e. The Balaban J connectivity index is 2.23. The summed E-state index contributed by atoms with van der Waals surface area (Å²) in [5, 5.41) is 0. The van der Waals surface area contributed by atoms with Crippen LogP contribution < -0.4 is 0 Å². The van der Waals surface area contributed by atoms with Gasteiger partial charge in [-0.15, -0.1) is 6.58 Å². The molecular weight excluding hydrogens is 287 g/mol. The Morgan fingerprint density at radius 1 is 1.36 bits per heavy atom. The summed E-state index contributed by atoms with van der Waals surface area (Å²) in [5.74, 6) is 0.443. The molecule has 0 aliphatic carbocycles. The molecule has 1 nitrogen and oxygen atoms in total. The van der Waals surface area contributed by atoms with E-state index in [1.807, 2.05) is 12.1 Å². The Bertz CT molecular complexity index is 309. The summed E-state index contributed by atoms with van der Waals surface area (Å²) in [6.07, 6.45) is 2.22. The maximum Gasteiger partial charge on any atom is 0.0898 e. The van der Waals surface area contributed by atoms with Gasteiger partial charge in [-0.25, -0.2) is 0 Å². The van der Waals surface area contributed by atoms with Gasteiger partial charge in [0.05, 0.1) is 12.7 Å². The smallest absolute Gasteiger partial charge is 0.0898 e. The molecule has 0 radical (unpaired) electrons. The summed E-state index contributed by atoms with van der Waals surface area (Å²) in [7, 11) is 0. The van der Waals surface area contributed by atoms with Crippen LogP contribution in [0.5, 0.6) is 0 Å². The quantitative estimate of drug-likeness (QED) is 0.462. The fourth-order valence-electron chi connectivity index (χ4n) is 1.84. The predicted molar refractivity (Wildman–Crippen MR) is 66.6 cm³/mol. The summed E-state index contributed by atoms with van der Waals surface area (Å²) < 4.78 is 6.33. The molecule has 2 rings (SSSR count). The summed E-state index contributed by atoms with van der Waals surface area (Å²) >= 11 is 2.44. The van der Waals surface area contributed by atoms with Gasteiger partial charge >= 0.3 is 0 Å². The van der Waals surface area contributed by atoms with Crippen LogP contribution in [0.1, 0.15) is 11.7 Å². The molecule has 1 fully saturated rings. The number of halogens is 1. The molecule has 0 N–H and O–H groups in total. The van der Waals surface area contributed by atoms with E-state index >= 15 is 0 Å². The predicted octanol–water partition coefficient (Wildman–Crippen LogP) is 3.36. The van der Waals surface area contributed by atoms with Crippen molar-refractivity contribution < 1.29 is 4.74 Å². The van der Waals surface area contributed by atoms with Crippen LogP contribution in [0.2, 0.25) is 0 Å². The molecule has 1 aromatic rings. The van der Waals surface area contributed by atoms with Gasteiger partial charge in [-0.05, 0) is 5.56 Å². The third-order valence-corrected chi connectivity index (χ3v) is 3.79. The molecule has 0 unspecified atom stereocenters. The minimum atomic E-state index is 0.204. The van der Waals surface area contributed by atoms with E-state index in [0.717, 1.165) is 6.61 Å². The molecule has 0 spiro atoms. The lowest BCUT2D eigenvalue weighted by atomic mass is 9.96. The first-order valence-electron chi connectivity index (χ1n) is 4.76. The number of hydrogen-bond acceptors (Lipinski definition) is 1. The fraction of sp³-hybridized carbons (Fsp3) is 0.333. The van der Waals surface area contributed by atoms with Crippen LogP contribution in [0.25, 0.3) is 0 Å². The van der Waals surface area contributed by atoms with Crippen LogP contribution >= 0.6 is 22.6 Å². The van der Waals surface area contributed by atoms with Gasteiger partial charge < -0.3 is 4.74 Å². The van der Waals surface area contributed by atoms with Crippen LogP contribution in [-0.4, -0.2) is 10.5 Å². The molecule has 1 aromatic carbocycles. The lowest BCUT2D eigenvalue weighted by Crippen LogP contribution is -2.11. The van der Waals surface area contributed by atoms with Gasteiger partial charge in [-0.3, -0.25) is 0 Å². The van der Waals surface area contributed by atoms with Gasteiger partial charge in [0, 0.05) is 9.84 Å². The maximum atomic E-state index is 5.78. The van der Waals surface area contributed by atoms with Crippen molar-refractivity contribution >= 4 is 22.6 Å². The molecule has 1 heterocycles. The lowest BCUT2D eigenvalue weighted by Gasteiger charge is -2.16.